The fourth-order valence-electron chi connectivity index (χ4n) is 13.6. The highest BCUT2D eigenvalue weighted by molar-refractivity contribution is 5.54. The Kier molecular flexibility index (Phi) is 31.3. The number of aromatic nitrogens is 12. The molecule has 572 valence electrons. The molecule has 14 rings (SSSR count). The molecule has 0 amide bonds. The van der Waals surface area contributed by atoms with E-state index in [0.29, 0.717) is 95.3 Å². The minimum atomic E-state index is 0. The topological polar surface area (TPSA) is 258 Å². The van der Waals surface area contributed by atoms with Gasteiger partial charge in [-0.25, -0.2) is 0 Å². The molecular formula is C76H122N22O6. The average molecular weight is 1440 g/mol. The second-order valence-corrected chi connectivity index (χ2v) is 28.1. The highest BCUT2D eigenvalue weighted by Gasteiger charge is 2.33. The number of anilines is 4. The molecule has 6 aliphatic heterocycles. The normalized spacial score (nSPS) is 17.8. The third kappa shape index (κ3) is 21.5. The highest BCUT2D eigenvalue weighted by Crippen LogP contribution is 2.31. The van der Waals surface area contributed by atoms with Crippen LogP contribution in [0.1, 0.15) is 133 Å². The van der Waals surface area contributed by atoms with E-state index in [4.69, 9.17) is 27.1 Å². The van der Waals surface area contributed by atoms with Crippen LogP contribution in [0.2, 0.25) is 0 Å². The van der Waals surface area contributed by atoms with Gasteiger partial charge in [0.15, 0.2) is 0 Å². The van der Waals surface area contributed by atoms with Gasteiger partial charge in [-0.05, 0) is 132 Å². The molecule has 14 heterocycles. The highest BCUT2D eigenvalue weighted by atomic mass is 16.5. The van der Waals surface area contributed by atoms with Crippen LogP contribution in [0.5, 0.6) is 11.5 Å². The van der Waals surface area contributed by atoms with Gasteiger partial charge in [-0.2, -0.15) is 0 Å². The summed E-state index contributed by atoms with van der Waals surface area (Å²) in [4.78, 5) is 41.5. The zero-order valence-electron chi connectivity index (χ0n) is 61.5. The molecule has 6 fully saturated rings. The summed E-state index contributed by atoms with van der Waals surface area (Å²) in [5.41, 5.74) is 6.92. The summed E-state index contributed by atoms with van der Waals surface area (Å²) in [6, 6.07) is 17.7. The van der Waals surface area contributed by atoms with Crippen molar-refractivity contribution in [1.29, 1.82) is 0 Å². The minimum absolute atomic E-state index is 0. The predicted molar refractivity (Wildman–Crippen MR) is 414 cm³/mol. The second-order valence-electron chi connectivity index (χ2n) is 28.1. The number of nitrogens with zero attached hydrogens (tertiary/aromatic N) is 22. The summed E-state index contributed by atoms with van der Waals surface area (Å²) in [5, 5.41) is 33.5. The number of hydrogen-bond donors (Lipinski definition) is 0. The van der Waals surface area contributed by atoms with Gasteiger partial charge in [-0.3, -0.25) is 49.3 Å². The Morgan fingerprint density at radius 2 is 0.587 bits per heavy atom. The molecule has 0 radical (unpaired) electrons. The Hall–Kier alpha value is -8.28. The van der Waals surface area contributed by atoms with Crippen LogP contribution in [0.3, 0.4) is 0 Å². The van der Waals surface area contributed by atoms with Crippen molar-refractivity contribution in [2.75, 3.05) is 165 Å². The first kappa shape index (κ1) is 83.0. The Morgan fingerprint density at radius 3 is 0.846 bits per heavy atom. The van der Waals surface area contributed by atoms with Crippen molar-refractivity contribution < 1.29 is 27.1 Å². The van der Waals surface area contributed by atoms with Gasteiger partial charge in [-0.1, -0.05) is 62.2 Å². The van der Waals surface area contributed by atoms with Crippen LogP contribution in [0.25, 0.3) is 46.3 Å². The molecule has 8 aromatic heterocycles. The van der Waals surface area contributed by atoms with Gasteiger partial charge < -0.3 is 46.7 Å². The third-order valence-electron chi connectivity index (χ3n) is 20.2. The number of piperidine rings is 2. The molecule has 0 saturated carbocycles. The van der Waals surface area contributed by atoms with Crippen molar-refractivity contribution in [3.05, 3.63) is 83.4 Å². The number of aryl methyl sites for hydroxylation is 4. The maximum Gasteiger partial charge on any atom is 0.318 e. The number of methoxy groups -OCH3 is 2. The smallest absolute Gasteiger partial charge is 0.318 e. The first-order chi connectivity index (χ1) is 48.4. The number of pyridine rings is 4. The van der Waals surface area contributed by atoms with E-state index in [2.05, 4.69) is 165 Å². The van der Waals surface area contributed by atoms with E-state index in [-0.39, 0.29) is 29.7 Å². The number of hydrogen-bond acceptors (Lipinski definition) is 28. The van der Waals surface area contributed by atoms with Gasteiger partial charge in [0.25, 0.3) is 23.6 Å². The fraction of sp³-hybridized carbons (Fsp3) is 0.632. The largest absolute Gasteiger partial charge is 0.496 e. The van der Waals surface area contributed by atoms with Crippen LogP contribution >= 0.6 is 0 Å². The third-order valence-corrected chi connectivity index (χ3v) is 20.2. The van der Waals surface area contributed by atoms with E-state index in [9.17, 15) is 0 Å². The van der Waals surface area contributed by atoms with Crippen LogP contribution in [0.4, 0.5) is 24.1 Å². The van der Waals surface area contributed by atoms with E-state index in [0.717, 1.165) is 149 Å². The van der Waals surface area contributed by atoms with Crippen molar-refractivity contribution in [2.24, 2.45) is 0 Å². The van der Waals surface area contributed by atoms with Gasteiger partial charge in [0.2, 0.25) is 0 Å². The Labute approximate surface area is 619 Å². The zero-order valence-corrected chi connectivity index (χ0v) is 61.5. The van der Waals surface area contributed by atoms with Crippen molar-refractivity contribution in [2.45, 2.75) is 175 Å². The summed E-state index contributed by atoms with van der Waals surface area (Å²) >= 11 is 0. The Bertz CT molecular complexity index is 3750. The molecule has 0 atom stereocenters. The van der Waals surface area contributed by atoms with Gasteiger partial charge in [0, 0.05) is 215 Å². The maximum atomic E-state index is 5.94. The molecule has 0 aliphatic carbocycles. The molecule has 28 heteroatoms. The molecule has 104 heavy (non-hydrogen) atoms. The lowest BCUT2D eigenvalue weighted by Crippen LogP contribution is -2.54. The molecule has 8 aromatic rings. The molecule has 6 aliphatic rings. The lowest BCUT2D eigenvalue weighted by Gasteiger charge is -2.43. The average Bonchev–Trinajstić information content (AvgIpc) is 1.71. The molecular weight excluding hydrogens is 1320 g/mol. The van der Waals surface area contributed by atoms with Crippen molar-refractivity contribution in [3.8, 4) is 57.8 Å². The SMILES string of the molecule is C.C.C.C.COc1cc(-c2nnc(N3CCC(N4CCN(C(C)C)CC4)CC3)o2)ncc1C.COc1cc(-c2nnc(N3CCN(C(C)C)CC3)o2)ncc1C.Cc1ccc(-c2nnc(N3CCC(N4CCN(C(C)C)CC4)CC3)o2)nc1.Cc1ccc(-c2nnc(N3CCN(C(C)C)CC3)o2)nc1. The van der Waals surface area contributed by atoms with Crippen LogP contribution < -0.4 is 29.1 Å². The van der Waals surface area contributed by atoms with Gasteiger partial charge in [-0.15, -0.1) is 20.4 Å². The maximum absolute atomic E-state index is 5.94. The lowest BCUT2D eigenvalue weighted by molar-refractivity contribution is 0.0689. The standard InChI is InChI=1S/C21H32N6O2.C20H30N6O.C16H23N5O2.C15H21N5O.4CH4/c1-15(2)25-9-11-26(12-10-25)17-5-7-27(8-6-17)21-24-23-20(29-21)18-13-19(28-4)16(3)14-22-18;1-15(2)24-10-12-25(13-11-24)17-6-8-26(9-7-17)20-23-22-19(27-20)18-5-4-16(3)14-21-18;1-11(2)20-5-7-21(8-6-20)16-19-18-15(23-16)13-9-14(22-4)12(3)10-17-13;1-11(2)19-6-8-20(9-7-19)15-18-17-14(21-15)13-5-4-12(3)10-16-13;;;;/h13-15,17H,5-12H2,1-4H3;4-5,14-15,17H,6-13H2,1-3H3;9-11H,5-8H2,1-4H3;4-5,10-11H,6-9H2,1-3H3;4*1H4. The zero-order chi connectivity index (χ0) is 70.4. The first-order valence-corrected chi connectivity index (χ1v) is 36.0. The fourth-order valence-corrected chi connectivity index (χ4v) is 13.6. The predicted octanol–water partition coefficient (Wildman–Crippen LogP) is 11.4. The summed E-state index contributed by atoms with van der Waals surface area (Å²) in [6.45, 7) is 47.0. The monoisotopic (exact) mass is 1440 g/mol. The van der Waals surface area contributed by atoms with Crippen molar-refractivity contribution in [1.82, 2.24) is 90.1 Å². The quantitative estimate of drug-likeness (QED) is 0.0870. The van der Waals surface area contributed by atoms with Crippen molar-refractivity contribution in [3.63, 3.8) is 0 Å². The van der Waals surface area contributed by atoms with E-state index in [1.807, 2.05) is 70.3 Å². The summed E-state index contributed by atoms with van der Waals surface area (Å²) in [5.74, 6) is 3.37. The second kappa shape index (κ2) is 39.2. The van der Waals surface area contributed by atoms with Crippen LogP contribution in [0.15, 0.2) is 78.9 Å². The number of ether oxygens (including phenoxy) is 2. The molecule has 0 spiro atoms. The van der Waals surface area contributed by atoms with Crippen LogP contribution in [-0.4, -0.2) is 271 Å². The molecule has 0 N–H and O–H groups in total. The molecule has 0 aromatic carbocycles. The Morgan fingerprint density at radius 1 is 0.327 bits per heavy atom. The minimum Gasteiger partial charge on any atom is -0.496 e. The van der Waals surface area contributed by atoms with E-state index < -0.39 is 0 Å². The molecule has 6 saturated heterocycles. The van der Waals surface area contributed by atoms with E-state index in [1.165, 1.54) is 52.4 Å². The molecule has 0 bridgehead atoms. The lowest BCUT2D eigenvalue weighted by atomic mass is 10.0. The Balaban J connectivity index is 0.000000193. The van der Waals surface area contributed by atoms with E-state index >= 15 is 0 Å². The van der Waals surface area contributed by atoms with Crippen LogP contribution in [-0.2, 0) is 0 Å². The summed E-state index contributed by atoms with van der Waals surface area (Å²) < 4.78 is 34.1. The van der Waals surface area contributed by atoms with Crippen LogP contribution in [0, 0.1) is 27.7 Å². The van der Waals surface area contributed by atoms with Gasteiger partial charge >= 0.3 is 24.1 Å². The number of rotatable bonds is 16. The van der Waals surface area contributed by atoms with Gasteiger partial charge in [0.1, 0.15) is 34.3 Å². The summed E-state index contributed by atoms with van der Waals surface area (Å²) in [6.07, 6.45) is 11.7. The van der Waals surface area contributed by atoms with E-state index in [1.54, 1.807) is 32.8 Å². The van der Waals surface area contributed by atoms with Gasteiger partial charge in [0.05, 0.1) is 14.2 Å². The first-order valence-electron chi connectivity index (χ1n) is 36.0. The molecule has 28 nitrogen and oxygen atoms in total. The number of piperazine rings is 4. The molecule has 0 unspecified atom stereocenters. The summed E-state index contributed by atoms with van der Waals surface area (Å²) in [7, 11) is 3.29. The van der Waals surface area contributed by atoms with Crippen molar-refractivity contribution >= 4 is 24.1 Å².